The van der Waals surface area contributed by atoms with Crippen LogP contribution in [0.25, 0.3) is 12.2 Å². The summed E-state index contributed by atoms with van der Waals surface area (Å²) in [6.07, 6.45) is 2.68. The number of hydrogen-bond donors (Lipinski definition) is 6. The van der Waals surface area contributed by atoms with Crippen LogP contribution in [0.5, 0.6) is 0 Å². The number of carbonyl (C=O) groups excluding carboxylic acids is 6. The van der Waals surface area contributed by atoms with Crippen molar-refractivity contribution in [2.75, 3.05) is 25.5 Å². The largest absolute Gasteiger partial charge is 0.344 e. The Bertz CT molecular complexity index is 2320. The smallest absolute Gasteiger partial charge is 0.338 e. The van der Waals surface area contributed by atoms with Gasteiger partial charge in [0.25, 0.3) is 0 Å². The molecule has 0 spiro atoms. The van der Waals surface area contributed by atoms with Crippen LogP contribution in [0.3, 0.4) is 0 Å². The molecule has 5 rings (SSSR count). The monoisotopic (exact) mass is 894 g/mol. The molecule has 0 aromatic heterocycles. The molecule has 1 unspecified atom stereocenters. The van der Waals surface area contributed by atoms with Crippen molar-refractivity contribution in [3.8, 4) is 0 Å². The molecule has 13 nitrogen and oxygen atoms in total. The van der Waals surface area contributed by atoms with Gasteiger partial charge in [-0.1, -0.05) is 97.1 Å². The van der Waals surface area contributed by atoms with Crippen LogP contribution in [0.4, 0.5) is 8.78 Å². The van der Waals surface area contributed by atoms with Crippen LogP contribution in [0.2, 0.25) is 0 Å². The molecule has 1 aliphatic rings. The SMILES string of the molecule is NC(N)=[NH+]CCC[C@H](NC(=O)C(Cc1ccccc1)NC(=O)[C@@H](Cc1ccccc1)NC(=O)CCC(=O)N1C/C(=C\c2ccccc2F)C(=O)/C(=C/c2ccccc2F)C1)C(=O)CCl. The van der Waals surface area contributed by atoms with E-state index in [2.05, 4.69) is 20.9 Å². The summed E-state index contributed by atoms with van der Waals surface area (Å²) >= 11 is 5.89. The summed E-state index contributed by atoms with van der Waals surface area (Å²) in [6.45, 7) is -0.0532. The van der Waals surface area contributed by atoms with Gasteiger partial charge in [0.15, 0.2) is 11.6 Å². The zero-order chi connectivity index (χ0) is 46.0. The predicted octanol–water partition coefficient (Wildman–Crippen LogP) is 2.51. The molecule has 0 aliphatic carbocycles. The van der Waals surface area contributed by atoms with Crippen LogP contribution in [0, 0.1) is 11.6 Å². The number of piperidine rings is 1. The van der Waals surface area contributed by atoms with Crippen LogP contribution in [0.1, 0.15) is 47.9 Å². The van der Waals surface area contributed by atoms with E-state index in [4.69, 9.17) is 23.1 Å². The first kappa shape index (κ1) is 48.0. The number of Topliss-reactive ketones (excluding diaryl/α,β-unsaturated/α-hetero) is 2. The number of likely N-dealkylation sites (tertiary alicyclic amines) is 1. The number of halogens is 3. The normalized spacial score (nSPS) is 15.2. The fourth-order valence-electron chi connectivity index (χ4n) is 7.03. The minimum atomic E-state index is -1.21. The van der Waals surface area contributed by atoms with E-state index in [9.17, 15) is 37.5 Å². The Labute approximate surface area is 375 Å². The number of guanidine groups is 1. The van der Waals surface area contributed by atoms with E-state index in [0.717, 1.165) is 0 Å². The van der Waals surface area contributed by atoms with E-state index in [1.165, 1.54) is 53.5 Å². The van der Waals surface area contributed by atoms with Crippen LogP contribution in [0.15, 0.2) is 120 Å². The molecule has 1 saturated heterocycles. The molecular weight excluding hydrogens is 844 g/mol. The standard InChI is InChI=1S/C48H50ClF2N7O6/c49-28-42(59)39(20-11-23-54-48(52)53)56-47(64)41(25-32-14-5-2-6-15-32)57-46(63)40(24-31-12-3-1-4-13-31)55-43(60)21-22-44(61)58-29-35(26-33-16-7-9-18-37(33)50)45(62)36(30-58)27-34-17-8-10-19-38(34)51/h1-10,12-19,26-27,39-41H,11,20-25,28-30H2,(H,55,60)(H,56,64)(H,57,63)(H4,52,53,54)/p+1/b35-26+,36-27+/t39-,40+,41?/m0/s1. The lowest BCUT2D eigenvalue weighted by Gasteiger charge is -2.30. The Morgan fingerprint density at radius 3 is 1.62 bits per heavy atom. The second-order valence-electron chi connectivity index (χ2n) is 15.2. The van der Waals surface area contributed by atoms with E-state index in [-0.39, 0.29) is 79.3 Å². The van der Waals surface area contributed by atoms with Crippen LogP contribution in [-0.2, 0) is 41.6 Å². The first-order chi connectivity index (χ1) is 30.8. The molecule has 3 atom stereocenters. The summed E-state index contributed by atoms with van der Waals surface area (Å²) in [5.74, 6) is -4.94. The molecule has 1 fully saturated rings. The highest BCUT2D eigenvalue weighted by Gasteiger charge is 2.32. The molecule has 8 N–H and O–H groups in total. The Balaban J connectivity index is 1.33. The molecule has 4 amide bonds. The third kappa shape index (κ3) is 14.5. The van der Waals surface area contributed by atoms with Gasteiger partial charge in [0, 0.05) is 61.0 Å². The third-order valence-electron chi connectivity index (χ3n) is 10.4. The molecule has 4 aromatic carbocycles. The number of rotatable bonds is 20. The quantitative estimate of drug-likeness (QED) is 0.0255. The fourth-order valence-corrected chi connectivity index (χ4v) is 7.22. The summed E-state index contributed by atoms with van der Waals surface area (Å²) in [5.41, 5.74) is 12.8. The van der Waals surface area contributed by atoms with Crippen LogP contribution < -0.4 is 32.4 Å². The Hall–Kier alpha value is -7.00. The molecule has 64 heavy (non-hydrogen) atoms. The van der Waals surface area contributed by atoms with Crippen LogP contribution >= 0.6 is 11.6 Å². The van der Waals surface area contributed by atoms with E-state index in [1.807, 2.05) is 0 Å². The summed E-state index contributed by atoms with van der Waals surface area (Å²) in [4.78, 5) is 86.0. The first-order valence-corrected chi connectivity index (χ1v) is 21.3. The molecule has 0 saturated carbocycles. The molecule has 4 aromatic rings. The molecule has 1 aliphatic heterocycles. The number of amides is 4. The third-order valence-corrected chi connectivity index (χ3v) is 10.6. The van der Waals surface area contributed by atoms with E-state index >= 15 is 0 Å². The molecule has 0 bridgehead atoms. The Morgan fingerprint density at radius 2 is 1.14 bits per heavy atom. The lowest BCUT2D eigenvalue weighted by Crippen LogP contribution is -2.78. The summed E-state index contributed by atoms with van der Waals surface area (Å²) in [6, 6.07) is 26.1. The summed E-state index contributed by atoms with van der Waals surface area (Å²) in [5, 5.41) is 8.25. The minimum absolute atomic E-state index is 0.00651. The van der Waals surface area contributed by atoms with Crippen molar-refractivity contribution in [3.63, 3.8) is 0 Å². The average Bonchev–Trinajstić information content (AvgIpc) is 3.29. The number of nitrogens with zero attached hydrogens (tertiary/aromatic N) is 1. The van der Waals surface area contributed by atoms with Gasteiger partial charge in [-0.15, -0.1) is 11.6 Å². The number of nitrogens with one attached hydrogen (secondary N) is 4. The van der Waals surface area contributed by atoms with Crippen molar-refractivity contribution in [1.82, 2.24) is 20.9 Å². The second kappa shape index (κ2) is 24.0. The number of alkyl halides is 1. The lowest BCUT2D eigenvalue weighted by atomic mass is 9.93. The maximum atomic E-state index is 14.7. The van der Waals surface area contributed by atoms with Crippen LogP contribution in [-0.4, -0.2) is 89.7 Å². The number of hydrogen-bond acceptors (Lipinski definition) is 6. The average molecular weight is 895 g/mol. The van der Waals surface area contributed by atoms with Gasteiger partial charge >= 0.3 is 5.96 Å². The van der Waals surface area contributed by atoms with Gasteiger partial charge in [-0.3, -0.25) is 45.2 Å². The van der Waals surface area contributed by atoms with E-state index in [1.54, 1.807) is 72.8 Å². The molecule has 1 heterocycles. The number of carbonyl (C=O) groups is 6. The van der Waals surface area contributed by atoms with Gasteiger partial charge in [-0.05, 0) is 48.3 Å². The second-order valence-corrected chi connectivity index (χ2v) is 15.5. The number of ketones is 2. The topological polar surface area (TPSA) is 208 Å². The summed E-state index contributed by atoms with van der Waals surface area (Å²) < 4.78 is 29.4. The highest BCUT2D eigenvalue weighted by atomic mass is 35.5. The van der Waals surface area contributed by atoms with Crippen molar-refractivity contribution >= 4 is 64.9 Å². The Morgan fingerprint density at radius 1 is 0.672 bits per heavy atom. The molecule has 334 valence electrons. The number of benzene rings is 4. The lowest BCUT2D eigenvalue weighted by molar-refractivity contribution is -0.459. The highest BCUT2D eigenvalue weighted by Crippen LogP contribution is 2.25. The van der Waals surface area contributed by atoms with Crippen molar-refractivity contribution in [1.29, 1.82) is 0 Å². The van der Waals surface area contributed by atoms with Crippen molar-refractivity contribution < 1.29 is 42.5 Å². The maximum absolute atomic E-state index is 14.7. The minimum Gasteiger partial charge on any atom is -0.344 e. The molecular formula is C48H51ClF2N7O6+. The van der Waals surface area contributed by atoms with Crippen molar-refractivity contribution in [2.45, 2.75) is 56.7 Å². The molecule has 16 heteroatoms. The zero-order valence-electron chi connectivity index (χ0n) is 35.0. The van der Waals surface area contributed by atoms with Crippen molar-refractivity contribution in [2.24, 2.45) is 11.5 Å². The van der Waals surface area contributed by atoms with Crippen molar-refractivity contribution in [3.05, 3.63) is 154 Å². The first-order valence-electron chi connectivity index (χ1n) is 20.7. The highest BCUT2D eigenvalue weighted by molar-refractivity contribution is 6.28. The van der Waals surface area contributed by atoms with Gasteiger partial charge in [0.05, 0.1) is 18.5 Å². The number of nitrogens with two attached hydrogens (primary N) is 2. The molecule has 0 radical (unpaired) electrons. The predicted molar refractivity (Wildman–Crippen MR) is 240 cm³/mol. The Kier molecular flexibility index (Phi) is 18.0. The van der Waals surface area contributed by atoms with Gasteiger partial charge in [-0.2, -0.15) is 0 Å². The van der Waals surface area contributed by atoms with E-state index < -0.39 is 65.0 Å². The fraction of sp³-hybridized carbons (Fsp3) is 0.271. The van der Waals surface area contributed by atoms with Gasteiger partial charge in [0.1, 0.15) is 23.7 Å². The van der Waals surface area contributed by atoms with Gasteiger partial charge < -0.3 is 20.9 Å². The van der Waals surface area contributed by atoms with E-state index in [0.29, 0.717) is 24.1 Å². The zero-order valence-corrected chi connectivity index (χ0v) is 35.8. The maximum Gasteiger partial charge on any atom is 0.338 e. The van der Waals surface area contributed by atoms with Gasteiger partial charge in [0.2, 0.25) is 23.6 Å². The van der Waals surface area contributed by atoms with Gasteiger partial charge in [-0.25, -0.2) is 8.78 Å². The summed E-state index contributed by atoms with van der Waals surface area (Å²) in [7, 11) is 0.